The molecule has 2 heterocycles. The molecule has 6 heteroatoms. The second-order valence-corrected chi connectivity index (χ2v) is 10.5. The van der Waals surface area contributed by atoms with Crippen LogP contribution in [-0.4, -0.2) is 37.1 Å². The number of ether oxygens (including phenoxy) is 1. The lowest BCUT2D eigenvalue weighted by Crippen LogP contribution is -2.50. The van der Waals surface area contributed by atoms with Crippen molar-refractivity contribution in [3.8, 4) is 0 Å². The molecule has 1 unspecified atom stereocenters. The summed E-state index contributed by atoms with van der Waals surface area (Å²) < 4.78 is 12.4. The third-order valence-electron chi connectivity index (χ3n) is 6.88. The monoisotopic (exact) mass is 433 g/mol. The molecule has 1 N–H and O–H groups in total. The fraction of sp³-hybridized carbons (Fsp3) is 0.667. The lowest BCUT2D eigenvalue weighted by atomic mass is 9.69. The third kappa shape index (κ3) is 4.90. The number of rotatable bonds is 4. The van der Waals surface area contributed by atoms with Crippen molar-refractivity contribution in [3.05, 3.63) is 29.3 Å². The van der Waals surface area contributed by atoms with E-state index in [4.69, 9.17) is 21.0 Å². The van der Waals surface area contributed by atoms with Gasteiger partial charge in [0.1, 0.15) is 6.23 Å². The Morgan fingerprint density at radius 3 is 2.53 bits per heavy atom. The van der Waals surface area contributed by atoms with Gasteiger partial charge in [-0.05, 0) is 69.8 Å². The second-order valence-electron chi connectivity index (χ2n) is 10.1. The molecule has 0 radical (unpaired) electrons. The van der Waals surface area contributed by atoms with Crippen LogP contribution in [0.15, 0.2) is 18.2 Å². The summed E-state index contributed by atoms with van der Waals surface area (Å²) in [5.74, 6) is 0. The van der Waals surface area contributed by atoms with E-state index in [0.29, 0.717) is 5.03 Å². The maximum absolute atomic E-state index is 11.3. The molecule has 1 aromatic rings. The van der Waals surface area contributed by atoms with E-state index in [9.17, 15) is 5.02 Å². The van der Waals surface area contributed by atoms with E-state index < -0.39 is 12.7 Å². The van der Waals surface area contributed by atoms with Crippen molar-refractivity contribution in [2.45, 2.75) is 85.5 Å². The van der Waals surface area contributed by atoms with E-state index in [1.54, 1.807) is 0 Å². The molecular weight excluding hydrogens is 397 g/mol. The molecule has 0 bridgehead atoms. The molecule has 0 aromatic heterocycles. The summed E-state index contributed by atoms with van der Waals surface area (Å²) in [6, 6.07) is 4.18. The fourth-order valence-corrected chi connectivity index (χ4v) is 4.32. The van der Waals surface area contributed by atoms with Gasteiger partial charge < -0.3 is 19.3 Å². The predicted octanol–water partition coefficient (Wildman–Crippen LogP) is 5.23. The number of hydrogen-bond acceptors (Lipinski definition) is 4. The molecule has 0 saturated carbocycles. The van der Waals surface area contributed by atoms with Gasteiger partial charge in [0.25, 0.3) is 0 Å². The highest BCUT2D eigenvalue weighted by Crippen LogP contribution is 2.37. The van der Waals surface area contributed by atoms with Gasteiger partial charge in [-0.25, -0.2) is 0 Å². The third-order valence-corrected chi connectivity index (χ3v) is 7.22. The van der Waals surface area contributed by atoms with Crippen LogP contribution in [0.4, 0.5) is 5.69 Å². The zero-order chi connectivity index (χ0) is 22.1. The fourth-order valence-electron chi connectivity index (χ4n) is 4.02. The normalized spacial score (nSPS) is 22.6. The van der Waals surface area contributed by atoms with E-state index in [1.807, 2.05) is 20.8 Å². The minimum absolute atomic E-state index is 0.0553. The van der Waals surface area contributed by atoms with E-state index >= 15 is 0 Å². The first-order chi connectivity index (χ1) is 14.0. The standard InChI is InChI=1S/C24H37BClNO3/c1-17-13-14-19-21(22(17)25(28)30-24(5,6)23(2,3)4)18(26)11-7-9-15-27(19)20-12-8-10-16-29-20/h11,13-14,20,28H,7-10,12,15-16H2,1-6H3/b18-11-. The molecule has 1 atom stereocenters. The average Bonchev–Trinajstić information content (AvgIpc) is 2.66. The maximum Gasteiger partial charge on any atom is 0.492 e. The summed E-state index contributed by atoms with van der Waals surface area (Å²) in [5, 5.41) is 12.0. The van der Waals surface area contributed by atoms with Crippen LogP contribution in [-0.2, 0) is 9.39 Å². The van der Waals surface area contributed by atoms with Crippen molar-refractivity contribution < 1.29 is 14.4 Å². The van der Waals surface area contributed by atoms with Crippen LogP contribution in [0.25, 0.3) is 5.03 Å². The van der Waals surface area contributed by atoms with Crippen molar-refractivity contribution in [3.63, 3.8) is 0 Å². The molecule has 2 aliphatic heterocycles. The van der Waals surface area contributed by atoms with Crippen LogP contribution in [0.1, 0.15) is 77.8 Å². The Morgan fingerprint density at radius 1 is 1.17 bits per heavy atom. The Morgan fingerprint density at radius 2 is 1.90 bits per heavy atom. The van der Waals surface area contributed by atoms with Gasteiger partial charge in [0.05, 0.1) is 5.60 Å². The van der Waals surface area contributed by atoms with Gasteiger partial charge >= 0.3 is 7.12 Å². The van der Waals surface area contributed by atoms with Crippen LogP contribution >= 0.6 is 11.6 Å². The highest BCUT2D eigenvalue weighted by molar-refractivity contribution is 6.64. The minimum Gasteiger partial charge on any atom is -0.423 e. The van der Waals surface area contributed by atoms with Crippen molar-refractivity contribution in [1.82, 2.24) is 0 Å². The van der Waals surface area contributed by atoms with Crippen LogP contribution < -0.4 is 10.4 Å². The zero-order valence-electron chi connectivity index (χ0n) is 19.4. The summed E-state index contributed by atoms with van der Waals surface area (Å²) in [7, 11) is -1.06. The second kappa shape index (κ2) is 9.24. The molecule has 4 nitrogen and oxygen atoms in total. The van der Waals surface area contributed by atoms with Crippen molar-refractivity contribution in [2.75, 3.05) is 18.1 Å². The Bertz CT molecular complexity index is 781. The lowest BCUT2D eigenvalue weighted by Gasteiger charge is -2.41. The van der Waals surface area contributed by atoms with Crippen molar-refractivity contribution in [1.29, 1.82) is 0 Å². The van der Waals surface area contributed by atoms with Crippen LogP contribution in [0, 0.1) is 12.3 Å². The summed E-state index contributed by atoms with van der Waals surface area (Å²) in [4.78, 5) is 2.34. The molecule has 166 valence electrons. The first-order valence-corrected chi connectivity index (χ1v) is 11.6. The molecule has 0 aliphatic carbocycles. The first kappa shape index (κ1) is 23.7. The number of allylic oxidation sites excluding steroid dienone is 1. The van der Waals surface area contributed by atoms with E-state index in [2.05, 4.69) is 43.9 Å². The van der Waals surface area contributed by atoms with Gasteiger partial charge in [-0.3, -0.25) is 0 Å². The quantitative estimate of drug-likeness (QED) is 0.660. The molecule has 3 rings (SSSR count). The summed E-state index contributed by atoms with van der Waals surface area (Å²) in [6.45, 7) is 14.1. The van der Waals surface area contributed by atoms with E-state index in [-0.39, 0.29) is 11.6 Å². The first-order valence-electron chi connectivity index (χ1n) is 11.3. The maximum atomic E-state index is 11.3. The Labute approximate surface area is 187 Å². The molecule has 0 spiro atoms. The predicted molar refractivity (Wildman–Crippen MR) is 127 cm³/mol. The van der Waals surface area contributed by atoms with Gasteiger partial charge in [0.2, 0.25) is 0 Å². The lowest BCUT2D eigenvalue weighted by molar-refractivity contribution is -0.0129. The highest BCUT2D eigenvalue weighted by Gasteiger charge is 2.40. The Hall–Kier alpha value is -1.01. The van der Waals surface area contributed by atoms with Gasteiger partial charge in [-0.15, -0.1) is 0 Å². The number of aryl methyl sites for hydroxylation is 1. The topological polar surface area (TPSA) is 41.9 Å². The van der Waals surface area contributed by atoms with Gasteiger partial charge in [0, 0.05) is 29.4 Å². The number of halogens is 1. The van der Waals surface area contributed by atoms with Gasteiger partial charge in [0.15, 0.2) is 0 Å². The molecular formula is C24H37BClNO3. The van der Waals surface area contributed by atoms with E-state index in [0.717, 1.165) is 61.1 Å². The molecule has 0 amide bonds. The average molecular weight is 434 g/mol. The molecule has 1 fully saturated rings. The molecule has 1 aromatic carbocycles. The number of anilines is 1. The number of hydrogen-bond donors (Lipinski definition) is 1. The van der Waals surface area contributed by atoms with Gasteiger partial charge in [-0.1, -0.05) is 50.1 Å². The van der Waals surface area contributed by atoms with Crippen LogP contribution in [0.2, 0.25) is 0 Å². The van der Waals surface area contributed by atoms with Crippen LogP contribution in [0.5, 0.6) is 0 Å². The SMILES string of the molecule is Cc1ccc2c(c1B(O)OC(C)(C)C(C)(C)C)/C(Cl)=C/CCCN2C1CCCCO1. The van der Waals surface area contributed by atoms with Gasteiger partial charge in [-0.2, -0.15) is 0 Å². The van der Waals surface area contributed by atoms with Crippen molar-refractivity contribution >= 4 is 34.9 Å². The summed E-state index contributed by atoms with van der Waals surface area (Å²) in [6.07, 6.45) is 7.35. The Kier molecular flexibility index (Phi) is 7.28. The largest absolute Gasteiger partial charge is 0.492 e. The smallest absolute Gasteiger partial charge is 0.423 e. The highest BCUT2D eigenvalue weighted by atomic mass is 35.5. The number of nitrogens with zero attached hydrogens (tertiary/aromatic N) is 1. The number of benzene rings is 1. The Balaban J connectivity index is 2.08. The number of fused-ring (bicyclic) bond motifs is 1. The zero-order valence-corrected chi connectivity index (χ0v) is 20.2. The molecule has 1 saturated heterocycles. The van der Waals surface area contributed by atoms with E-state index in [1.165, 1.54) is 6.42 Å². The van der Waals surface area contributed by atoms with Crippen LogP contribution in [0.3, 0.4) is 0 Å². The summed E-state index contributed by atoms with van der Waals surface area (Å²) in [5.41, 5.74) is 2.98. The summed E-state index contributed by atoms with van der Waals surface area (Å²) >= 11 is 6.84. The minimum atomic E-state index is -1.06. The van der Waals surface area contributed by atoms with Crippen molar-refractivity contribution in [2.24, 2.45) is 5.41 Å². The molecule has 2 aliphatic rings. The molecule has 30 heavy (non-hydrogen) atoms.